The SMILES string of the molecule is COc1cccc2c1N(Cc1ccccc1C)C(=O)C(NC(=O)C1CC(O)CN1C(=O)c1cn(C)c3ccccc13)C2. The first-order chi connectivity index (χ1) is 20.3. The number of hydrogen-bond donors (Lipinski definition) is 2. The number of nitrogens with one attached hydrogen (secondary N) is 1. The van der Waals surface area contributed by atoms with Crippen LogP contribution in [0, 0.1) is 6.92 Å². The maximum Gasteiger partial charge on any atom is 0.256 e. The molecule has 0 aliphatic carbocycles. The Morgan fingerprint density at radius 1 is 1.05 bits per heavy atom. The maximum absolute atomic E-state index is 14.0. The molecule has 6 rings (SSSR count). The van der Waals surface area contributed by atoms with Crippen molar-refractivity contribution in [2.24, 2.45) is 7.05 Å². The fourth-order valence-electron chi connectivity index (χ4n) is 6.26. The van der Waals surface area contributed by atoms with Gasteiger partial charge in [0.2, 0.25) is 11.8 Å². The minimum Gasteiger partial charge on any atom is -0.495 e. The van der Waals surface area contributed by atoms with Crippen molar-refractivity contribution in [2.75, 3.05) is 18.6 Å². The summed E-state index contributed by atoms with van der Waals surface area (Å²) in [5, 5.41) is 14.3. The fourth-order valence-corrected chi connectivity index (χ4v) is 6.26. The van der Waals surface area contributed by atoms with Crippen molar-refractivity contribution < 1.29 is 24.2 Å². The first kappa shape index (κ1) is 27.5. The van der Waals surface area contributed by atoms with Gasteiger partial charge in [0.15, 0.2) is 0 Å². The Balaban J connectivity index is 1.28. The van der Waals surface area contributed by atoms with E-state index in [9.17, 15) is 19.5 Å². The molecule has 0 spiro atoms. The van der Waals surface area contributed by atoms with E-state index in [1.165, 1.54) is 4.90 Å². The van der Waals surface area contributed by atoms with E-state index in [-0.39, 0.29) is 31.2 Å². The van der Waals surface area contributed by atoms with Crippen molar-refractivity contribution in [1.29, 1.82) is 0 Å². The summed E-state index contributed by atoms with van der Waals surface area (Å²) in [5.74, 6) is -0.450. The number of carbonyl (C=O) groups excluding carboxylic acids is 3. The summed E-state index contributed by atoms with van der Waals surface area (Å²) in [4.78, 5) is 44.6. The molecule has 0 bridgehead atoms. The molecule has 3 aromatic carbocycles. The number of likely N-dealkylation sites (tertiary alicyclic amines) is 1. The molecule has 1 fully saturated rings. The minimum absolute atomic E-state index is 0.0399. The van der Waals surface area contributed by atoms with Crippen LogP contribution in [0.15, 0.2) is 72.9 Å². The normalized spacial score (nSPS) is 20.1. The molecule has 3 amide bonds. The lowest BCUT2D eigenvalue weighted by Gasteiger charge is -2.36. The number of hydrogen-bond acceptors (Lipinski definition) is 5. The zero-order chi connectivity index (χ0) is 29.5. The van der Waals surface area contributed by atoms with Crippen LogP contribution < -0.4 is 15.0 Å². The maximum atomic E-state index is 14.0. The van der Waals surface area contributed by atoms with Crippen LogP contribution in [0.5, 0.6) is 5.75 Å². The van der Waals surface area contributed by atoms with E-state index in [0.717, 1.165) is 27.6 Å². The third kappa shape index (κ3) is 4.79. The zero-order valence-electron chi connectivity index (χ0n) is 23.9. The zero-order valence-corrected chi connectivity index (χ0v) is 23.9. The Kier molecular flexibility index (Phi) is 7.20. The van der Waals surface area contributed by atoms with Crippen molar-refractivity contribution in [3.63, 3.8) is 0 Å². The van der Waals surface area contributed by atoms with Crippen molar-refractivity contribution in [1.82, 2.24) is 14.8 Å². The fraction of sp³-hybridized carbons (Fsp3) is 0.303. The molecule has 1 aromatic heterocycles. The van der Waals surface area contributed by atoms with Gasteiger partial charge in [-0.3, -0.25) is 14.4 Å². The highest BCUT2D eigenvalue weighted by Crippen LogP contribution is 2.38. The predicted molar refractivity (Wildman–Crippen MR) is 159 cm³/mol. The molecule has 216 valence electrons. The number of anilines is 1. The minimum atomic E-state index is -0.907. The van der Waals surface area contributed by atoms with E-state index in [2.05, 4.69) is 5.32 Å². The van der Waals surface area contributed by atoms with Gasteiger partial charge >= 0.3 is 0 Å². The molecular weight excluding hydrogens is 532 g/mol. The summed E-state index contributed by atoms with van der Waals surface area (Å²) >= 11 is 0. The largest absolute Gasteiger partial charge is 0.495 e. The van der Waals surface area contributed by atoms with Gasteiger partial charge in [0.1, 0.15) is 17.8 Å². The van der Waals surface area contributed by atoms with Gasteiger partial charge in [0.25, 0.3) is 5.91 Å². The highest BCUT2D eigenvalue weighted by Gasteiger charge is 2.43. The lowest BCUT2D eigenvalue weighted by atomic mass is 9.95. The summed E-state index contributed by atoms with van der Waals surface area (Å²) in [5.41, 5.74) is 4.98. The highest BCUT2D eigenvalue weighted by molar-refractivity contribution is 6.09. The van der Waals surface area contributed by atoms with Crippen molar-refractivity contribution in [3.8, 4) is 5.75 Å². The molecule has 1 saturated heterocycles. The molecule has 42 heavy (non-hydrogen) atoms. The average Bonchev–Trinajstić information content (AvgIpc) is 3.55. The Bertz CT molecular complexity index is 1700. The van der Waals surface area contributed by atoms with Crippen LogP contribution in [0.25, 0.3) is 10.9 Å². The van der Waals surface area contributed by atoms with Gasteiger partial charge in [-0.2, -0.15) is 0 Å². The molecule has 3 atom stereocenters. The summed E-state index contributed by atoms with van der Waals surface area (Å²) < 4.78 is 7.50. The van der Waals surface area contributed by atoms with Crippen LogP contribution in [-0.2, 0) is 29.6 Å². The second-order valence-electron chi connectivity index (χ2n) is 11.1. The van der Waals surface area contributed by atoms with Gasteiger partial charge in [-0.05, 0) is 35.7 Å². The molecule has 4 aromatic rings. The number of rotatable bonds is 6. The van der Waals surface area contributed by atoms with Gasteiger partial charge in [-0.1, -0.05) is 54.6 Å². The average molecular weight is 567 g/mol. The van der Waals surface area contributed by atoms with Crippen LogP contribution >= 0.6 is 0 Å². The number of carbonyl (C=O) groups is 3. The molecule has 0 saturated carbocycles. The number of aliphatic hydroxyl groups is 1. The number of aromatic nitrogens is 1. The molecule has 0 radical (unpaired) electrons. The van der Waals surface area contributed by atoms with E-state index >= 15 is 0 Å². The number of aryl methyl sites for hydroxylation is 2. The number of ether oxygens (including phenoxy) is 1. The molecule has 2 N–H and O–H groups in total. The number of fused-ring (bicyclic) bond motifs is 2. The van der Waals surface area contributed by atoms with Crippen LogP contribution in [0.3, 0.4) is 0 Å². The van der Waals surface area contributed by atoms with Crippen molar-refractivity contribution in [2.45, 2.75) is 44.5 Å². The topological polar surface area (TPSA) is 104 Å². The number of β-amino-alcohol motifs (C(OH)–C–C–N with tert-alkyl or cyclic N) is 1. The van der Waals surface area contributed by atoms with E-state index in [4.69, 9.17) is 4.74 Å². The molecule has 2 aliphatic rings. The number of nitrogens with zero attached hydrogens (tertiary/aromatic N) is 3. The smallest absolute Gasteiger partial charge is 0.256 e. The third-order valence-corrected chi connectivity index (χ3v) is 8.44. The monoisotopic (exact) mass is 566 g/mol. The summed E-state index contributed by atoms with van der Waals surface area (Å²) in [6, 6.07) is 19.3. The number of para-hydroxylation sites is 2. The molecule has 3 heterocycles. The molecular formula is C33H34N4O5. The number of aliphatic hydroxyl groups excluding tert-OH is 1. The van der Waals surface area contributed by atoms with E-state index < -0.39 is 24.1 Å². The van der Waals surface area contributed by atoms with Gasteiger partial charge in [0, 0.05) is 43.5 Å². The standard InChI is InChI=1S/C33H34N4O5/c1-20-9-4-5-10-22(20)17-37-30-21(11-8-14-29(30)42-3)15-26(33(37)41)34-31(39)28-16-23(38)18-36(28)32(40)25-19-35(2)27-13-7-6-12-24(25)27/h4-14,19,23,26,28,38H,15-18H2,1-3H3,(H,34,39). The van der Waals surface area contributed by atoms with Crippen LogP contribution in [-0.4, -0.2) is 64.1 Å². The summed E-state index contributed by atoms with van der Waals surface area (Å²) in [7, 11) is 3.44. The Hall–Kier alpha value is -4.63. The van der Waals surface area contributed by atoms with Crippen molar-refractivity contribution >= 4 is 34.3 Å². The predicted octanol–water partition coefficient (Wildman–Crippen LogP) is 3.35. The van der Waals surface area contributed by atoms with E-state index in [1.807, 2.05) is 85.3 Å². The summed E-state index contributed by atoms with van der Waals surface area (Å²) in [6.45, 7) is 2.36. The molecule has 3 unspecified atom stereocenters. The van der Waals surface area contributed by atoms with Crippen LogP contribution in [0.2, 0.25) is 0 Å². The lowest BCUT2D eigenvalue weighted by molar-refractivity contribution is -0.130. The summed E-state index contributed by atoms with van der Waals surface area (Å²) in [6.07, 6.45) is 1.30. The van der Waals surface area contributed by atoms with Gasteiger partial charge in [-0.25, -0.2) is 0 Å². The molecule has 2 aliphatic heterocycles. The van der Waals surface area contributed by atoms with Gasteiger partial charge < -0.3 is 29.5 Å². The first-order valence-corrected chi connectivity index (χ1v) is 14.1. The number of benzene rings is 3. The Labute approximate surface area is 244 Å². The number of amides is 3. The second-order valence-corrected chi connectivity index (χ2v) is 11.1. The van der Waals surface area contributed by atoms with Gasteiger partial charge in [0.05, 0.1) is 31.0 Å². The first-order valence-electron chi connectivity index (χ1n) is 14.1. The Morgan fingerprint density at radius 2 is 1.81 bits per heavy atom. The molecule has 9 nitrogen and oxygen atoms in total. The van der Waals surface area contributed by atoms with E-state index in [0.29, 0.717) is 23.5 Å². The lowest BCUT2D eigenvalue weighted by Crippen LogP contribution is -2.56. The second kappa shape index (κ2) is 11.0. The third-order valence-electron chi connectivity index (χ3n) is 8.44. The highest BCUT2D eigenvalue weighted by atomic mass is 16.5. The quantitative estimate of drug-likeness (QED) is 0.373. The molecule has 9 heteroatoms. The number of methoxy groups -OCH3 is 1. The van der Waals surface area contributed by atoms with Crippen LogP contribution in [0.1, 0.15) is 33.5 Å². The van der Waals surface area contributed by atoms with E-state index in [1.54, 1.807) is 18.2 Å². The van der Waals surface area contributed by atoms with Crippen molar-refractivity contribution in [3.05, 3.63) is 95.2 Å². The van der Waals surface area contributed by atoms with Gasteiger partial charge in [-0.15, -0.1) is 0 Å². The Morgan fingerprint density at radius 3 is 2.60 bits per heavy atom. The van der Waals surface area contributed by atoms with Crippen LogP contribution in [0.4, 0.5) is 5.69 Å².